The summed E-state index contributed by atoms with van der Waals surface area (Å²) in [5.74, 6) is -1.67. The van der Waals surface area contributed by atoms with Gasteiger partial charge in [0, 0.05) is 0 Å². The minimum Gasteiger partial charge on any atom is -0.478 e. The van der Waals surface area contributed by atoms with Crippen LogP contribution in [0.4, 0.5) is 4.39 Å². The minimum absolute atomic E-state index is 0.0458. The van der Waals surface area contributed by atoms with Crippen molar-refractivity contribution >= 4 is 11.5 Å². The fourth-order valence-electron chi connectivity index (χ4n) is 1.42. The van der Waals surface area contributed by atoms with Crippen molar-refractivity contribution in [2.75, 3.05) is 0 Å². The van der Waals surface area contributed by atoms with Gasteiger partial charge in [0.05, 0.1) is 11.2 Å². The lowest BCUT2D eigenvalue weighted by atomic mass is 10.2. The summed E-state index contributed by atoms with van der Waals surface area (Å²) >= 11 is 0. The van der Waals surface area contributed by atoms with Gasteiger partial charge in [-0.15, -0.1) is 0 Å². The summed E-state index contributed by atoms with van der Waals surface area (Å²) in [6.07, 6.45) is 0. The average Bonchev–Trinajstić information content (AvgIpc) is 2.42. The highest BCUT2D eigenvalue weighted by Gasteiger charge is 2.16. The van der Waals surface area contributed by atoms with Crippen LogP contribution in [0.1, 0.15) is 16.1 Å². The SMILES string of the molecule is Cc1nn2c(F)cccc2c1C(=O)O. The Balaban J connectivity index is 2.90. The molecule has 4 nitrogen and oxygen atoms in total. The van der Waals surface area contributed by atoms with Gasteiger partial charge in [-0.1, -0.05) is 6.07 Å². The van der Waals surface area contributed by atoms with E-state index in [0.717, 1.165) is 4.52 Å². The molecule has 0 amide bonds. The number of aryl methyl sites for hydroxylation is 1. The molecule has 5 heteroatoms. The van der Waals surface area contributed by atoms with Gasteiger partial charge in [0.15, 0.2) is 0 Å². The first-order chi connectivity index (χ1) is 6.61. The summed E-state index contributed by atoms with van der Waals surface area (Å²) in [5.41, 5.74) is 0.627. The molecule has 0 aromatic carbocycles. The summed E-state index contributed by atoms with van der Waals surface area (Å²) in [6, 6.07) is 4.20. The zero-order chi connectivity index (χ0) is 10.3. The van der Waals surface area contributed by atoms with Crippen LogP contribution >= 0.6 is 0 Å². The average molecular weight is 194 g/mol. The van der Waals surface area contributed by atoms with Crippen molar-refractivity contribution in [2.45, 2.75) is 6.92 Å². The van der Waals surface area contributed by atoms with Crippen molar-refractivity contribution in [1.82, 2.24) is 9.61 Å². The van der Waals surface area contributed by atoms with E-state index in [4.69, 9.17) is 5.11 Å². The second-order valence-electron chi connectivity index (χ2n) is 2.91. The number of aromatic nitrogens is 2. The van der Waals surface area contributed by atoms with Crippen LogP contribution in [0.25, 0.3) is 5.52 Å². The van der Waals surface area contributed by atoms with E-state index < -0.39 is 11.9 Å². The standard InChI is InChI=1S/C9H7FN2O2/c1-5-8(9(13)14)6-3-2-4-7(10)12(6)11-5/h2-4H,1H3,(H,13,14). The Labute approximate surface area is 78.6 Å². The van der Waals surface area contributed by atoms with E-state index in [1.165, 1.54) is 25.1 Å². The summed E-state index contributed by atoms with van der Waals surface area (Å²) < 4.78 is 14.1. The number of aromatic carboxylic acids is 1. The van der Waals surface area contributed by atoms with Gasteiger partial charge in [0.2, 0.25) is 5.95 Å². The molecule has 0 atom stereocenters. The summed E-state index contributed by atoms with van der Waals surface area (Å²) in [5, 5.41) is 12.7. The molecule has 14 heavy (non-hydrogen) atoms. The lowest BCUT2D eigenvalue weighted by molar-refractivity contribution is 0.0698. The Morgan fingerprint density at radius 3 is 2.93 bits per heavy atom. The number of fused-ring (bicyclic) bond motifs is 1. The van der Waals surface area contributed by atoms with Crippen LogP contribution in [-0.4, -0.2) is 20.7 Å². The molecule has 2 heterocycles. The summed E-state index contributed by atoms with van der Waals surface area (Å²) in [4.78, 5) is 10.8. The predicted molar refractivity (Wildman–Crippen MR) is 46.8 cm³/mol. The van der Waals surface area contributed by atoms with Gasteiger partial charge in [0.25, 0.3) is 0 Å². The zero-order valence-corrected chi connectivity index (χ0v) is 7.36. The van der Waals surface area contributed by atoms with Gasteiger partial charge in [-0.05, 0) is 19.1 Å². The topological polar surface area (TPSA) is 54.6 Å². The molecular weight excluding hydrogens is 187 g/mol. The van der Waals surface area contributed by atoms with Crippen LogP contribution in [0.5, 0.6) is 0 Å². The summed E-state index contributed by atoms with van der Waals surface area (Å²) in [6.45, 7) is 1.54. The fourth-order valence-corrected chi connectivity index (χ4v) is 1.42. The molecule has 2 aromatic heterocycles. The van der Waals surface area contributed by atoms with E-state index in [1.54, 1.807) is 0 Å². The number of carboxylic acid groups (broad SMARTS) is 1. The number of pyridine rings is 1. The first-order valence-corrected chi connectivity index (χ1v) is 3.98. The fraction of sp³-hybridized carbons (Fsp3) is 0.111. The Hall–Kier alpha value is -1.91. The van der Waals surface area contributed by atoms with Crippen LogP contribution in [-0.2, 0) is 0 Å². The maximum Gasteiger partial charge on any atom is 0.339 e. The van der Waals surface area contributed by atoms with Crippen LogP contribution in [0, 0.1) is 12.9 Å². The van der Waals surface area contributed by atoms with Gasteiger partial charge in [-0.25, -0.2) is 9.31 Å². The van der Waals surface area contributed by atoms with Crippen molar-refractivity contribution in [3.63, 3.8) is 0 Å². The molecule has 2 rings (SSSR count). The second-order valence-corrected chi connectivity index (χ2v) is 2.91. The van der Waals surface area contributed by atoms with Gasteiger partial charge in [0.1, 0.15) is 5.56 Å². The monoisotopic (exact) mass is 194 g/mol. The minimum atomic E-state index is -1.09. The van der Waals surface area contributed by atoms with Crippen LogP contribution in [0.3, 0.4) is 0 Å². The third-order valence-electron chi connectivity index (χ3n) is 2.00. The van der Waals surface area contributed by atoms with E-state index in [1.807, 2.05) is 0 Å². The number of carbonyl (C=O) groups is 1. The maximum atomic E-state index is 13.2. The van der Waals surface area contributed by atoms with Gasteiger partial charge < -0.3 is 5.11 Å². The molecule has 2 aromatic rings. The normalized spacial score (nSPS) is 10.7. The molecule has 0 radical (unpaired) electrons. The van der Waals surface area contributed by atoms with Gasteiger partial charge in [-0.3, -0.25) is 0 Å². The molecule has 0 aliphatic heterocycles. The highest BCUT2D eigenvalue weighted by molar-refractivity contribution is 5.96. The van der Waals surface area contributed by atoms with Crippen molar-refractivity contribution in [3.05, 3.63) is 35.4 Å². The maximum absolute atomic E-state index is 13.2. The quantitative estimate of drug-likeness (QED) is 0.699. The third-order valence-corrected chi connectivity index (χ3v) is 2.00. The van der Waals surface area contributed by atoms with Crippen molar-refractivity contribution in [1.29, 1.82) is 0 Å². The molecule has 0 fully saturated rings. The molecule has 0 aliphatic carbocycles. The van der Waals surface area contributed by atoms with Crippen molar-refractivity contribution < 1.29 is 14.3 Å². The van der Waals surface area contributed by atoms with E-state index in [0.29, 0.717) is 5.69 Å². The molecule has 0 spiro atoms. The molecule has 0 bridgehead atoms. The van der Waals surface area contributed by atoms with E-state index in [2.05, 4.69) is 5.10 Å². The number of carboxylic acids is 1. The molecule has 0 unspecified atom stereocenters. The number of rotatable bonds is 1. The van der Waals surface area contributed by atoms with Crippen LogP contribution < -0.4 is 0 Å². The summed E-state index contributed by atoms with van der Waals surface area (Å²) in [7, 11) is 0. The lowest BCUT2D eigenvalue weighted by Gasteiger charge is -1.94. The van der Waals surface area contributed by atoms with Crippen LogP contribution in [0.2, 0.25) is 0 Å². The molecule has 0 saturated carbocycles. The molecule has 0 saturated heterocycles. The van der Waals surface area contributed by atoms with E-state index in [9.17, 15) is 9.18 Å². The smallest absolute Gasteiger partial charge is 0.339 e. The second kappa shape index (κ2) is 2.80. The molecule has 72 valence electrons. The predicted octanol–water partition coefficient (Wildman–Crippen LogP) is 1.48. The Morgan fingerprint density at radius 1 is 1.57 bits per heavy atom. The van der Waals surface area contributed by atoms with Crippen molar-refractivity contribution in [2.24, 2.45) is 0 Å². The first kappa shape index (κ1) is 8.68. The van der Waals surface area contributed by atoms with Gasteiger partial charge in [-0.2, -0.15) is 9.49 Å². The lowest BCUT2D eigenvalue weighted by Crippen LogP contribution is -1.98. The Kier molecular flexibility index (Phi) is 1.73. The van der Waals surface area contributed by atoms with E-state index in [-0.39, 0.29) is 11.1 Å². The molecule has 1 N–H and O–H groups in total. The van der Waals surface area contributed by atoms with Gasteiger partial charge >= 0.3 is 5.97 Å². The Morgan fingerprint density at radius 2 is 2.29 bits per heavy atom. The number of halogens is 1. The number of hydrogen-bond donors (Lipinski definition) is 1. The molecular formula is C9H7FN2O2. The number of nitrogens with zero attached hydrogens (tertiary/aromatic N) is 2. The first-order valence-electron chi connectivity index (χ1n) is 3.98. The highest BCUT2D eigenvalue weighted by Crippen LogP contribution is 2.16. The largest absolute Gasteiger partial charge is 0.478 e. The van der Waals surface area contributed by atoms with Crippen LogP contribution in [0.15, 0.2) is 18.2 Å². The van der Waals surface area contributed by atoms with E-state index >= 15 is 0 Å². The molecule has 0 aliphatic rings. The zero-order valence-electron chi connectivity index (χ0n) is 7.36. The third kappa shape index (κ3) is 1.06. The van der Waals surface area contributed by atoms with Crippen molar-refractivity contribution in [3.8, 4) is 0 Å². The highest BCUT2D eigenvalue weighted by atomic mass is 19.1. The number of hydrogen-bond acceptors (Lipinski definition) is 2. The Bertz CT molecular complexity index is 519.